The minimum absolute atomic E-state index is 0.265. The predicted molar refractivity (Wildman–Crippen MR) is 84.3 cm³/mol. The van der Waals surface area contributed by atoms with Crippen molar-refractivity contribution in [2.24, 2.45) is 5.16 Å². The van der Waals surface area contributed by atoms with Crippen molar-refractivity contribution in [3.63, 3.8) is 0 Å². The van der Waals surface area contributed by atoms with Crippen LogP contribution in [0.25, 0.3) is 0 Å². The number of non-ortho nitro benzene ring substituents is 1. The van der Waals surface area contributed by atoms with E-state index in [1.165, 1.54) is 12.1 Å². The fourth-order valence-electron chi connectivity index (χ4n) is 2.65. The number of hydrogen-bond donors (Lipinski definition) is 0. The molecule has 0 aromatic heterocycles. The summed E-state index contributed by atoms with van der Waals surface area (Å²) in [6.45, 7) is 0. The molecule has 1 aromatic rings. The first-order valence-electron chi connectivity index (χ1n) is 7.07. The smallest absolute Gasteiger partial charge is 0.269 e. The third-order valence-corrected chi connectivity index (χ3v) is 4.01. The highest BCUT2D eigenvalue weighted by atomic mass is 32.2. The summed E-state index contributed by atoms with van der Waals surface area (Å²) >= 11 is 0. The average Bonchev–Trinajstić information content (AvgIpc) is 2.51. The van der Waals surface area contributed by atoms with Crippen LogP contribution in [0.15, 0.2) is 23.4 Å². The van der Waals surface area contributed by atoms with E-state index in [1.807, 2.05) is 0 Å². The first-order valence-corrected chi connectivity index (χ1v) is 8.89. The molecule has 24 heavy (non-hydrogen) atoms. The van der Waals surface area contributed by atoms with Crippen LogP contribution in [0.1, 0.15) is 37.2 Å². The molecule has 0 saturated heterocycles. The highest BCUT2D eigenvalue weighted by Gasteiger charge is 2.31. The first kappa shape index (κ1) is 17.8. The third-order valence-electron chi connectivity index (χ3n) is 3.66. The minimum atomic E-state index is -3.78. The summed E-state index contributed by atoms with van der Waals surface area (Å²) < 4.78 is 26.7. The average molecular weight is 357 g/mol. The molecule has 0 amide bonds. The number of oxime groups is 1. The monoisotopic (exact) mass is 357 g/mol. The van der Waals surface area contributed by atoms with Gasteiger partial charge in [-0.3, -0.25) is 24.5 Å². The van der Waals surface area contributed by atoms with Crippen LogP contribution in [0.5, 0.6) is 0 Å². The van der Waals surface area contributed by atoms with E-state index in [0.29, 0.717) is 18.6 Å². The second-order valence-corrected chi connectivity index (χ2v) is 6.97. The lowest BCUT2D eigenvalue weighted by Crippen LogP contribution is -2.19. The van der Waals surface area contributed by atoms with Crippen molar-refractivity contribution < 1.29 is 22.5 Å². The van der Waals surface area contributed by atoms with Crippen LogP contribution in [-0.2, 0) is 14.4 Å². The van der Waals surface area contributed by atoms with E-state index in [9.17, 15) is 28.6 Å². The van der Waals surface area contributed by atoms with Gasteiger partial charge in [0.25, 0.3) is 11.4 Å². The summed E-state index contributed by atoms with van der Waals surface area (Å²) in [7, 11) is -3.78. The largest absolute Gasteiger partial charge is 0.325 e. The van der Waals surface area contributed by atoms with Crippen LogP contribution < -0.4 is 0 Å². The van der Waals surface area contributed by atoms with Crippen molar-refractivity contribution in [3.05, 3.63) is 44.0 Å². The second-order valence-electron chi connectivity index (χ2n) is 5.42. The number of hydrogen-bond acceptors (Lipinski definition) is 8. The first-order chi connectivity index (χ1) is 11.2. The minimum Gasteiger partial charge on any atom is -0.269 e. The SMILES string of the molecule is CS(=O)(=O)O/N=C1/CCCC[C@@H]1c1ccc([N+](=O)[O-])cc1[N+](=O)[O-]. The highest BCUT2D eigenvalue weighted by Crippen LogP contribution is 2.37. The number of nitro benzene ring substituents is 2. The van der Waals surface area contributed by atoms with Gasteiger partial charge < -0.3 is 0 Å². The maximum atomic E-state index is 11.3. The summed E-state index contributed by atoms with van der Waals surface area (Å²) in [6.07, 6.45) is 3.34. The Kier molecular flexibility index (Phi) is 5.12. The van der Waals surface area contributed by atoms with E-state index in [2.05, 4.69) is 9.44 Å². The van der Waals surface area contributed by atoms with E-state index < -0.39 is 25.9 Å². The fraction of sp³-hybridized carbons (Fsp3) is 0.462. The molecule has 0 radical (unpaired) electrons. The maximum absolute atomic E-state index is 11.3. The van der Waals surface area contributed by atoms with E-state index in [-0.39, 0.29) is 16.9 Å². The third kappa shape index (κ3) is 4.25. The molecule has 1 fully saturated rings. The van der Waals surface area contributed by atoms with Gasteiger partial charge in [0, 0.05) is 17.5 Å². The fourth-order valence-corrected chi connectivity index (χ4v) is 2.88. The van der Waals surface area contributed by atoms with Crippen molar-refractivity contribution >= 4 is 27.2 Å². The summed E-state index contributed by atoms with van der Waals surface area (Å²) in [6, 6.07) is 3.41. The Labute approximate surface area is 137 Å². The van der Waals surface area contributed by atoms with E-state index in [0.717, 1.165) is 25.2 Å². The van der Waals surface area contributed by atoms with Gasteiger partial charge in [-0.1, -0.05) is 11.6 Å². The quantitative estimate of drug-likeness (QED) is 0.582. The molecule has 1 saturated carbocycles. The zero-order valence-corrected chi connectivity index (χ0v) is 13.6. The summed E-state index contributed by atoms with van der Waals surface area (Å²) in [4.78, 5) is 20.7. The Morgan fingerprint density at radius 1 is 1.21 bits per heavy atom. The van der Waals surface area contributed by atoms with Crippen molar-refractivity contribution in [2.75, 3.05) is 6.26 Å². The van der Waals surface area contributed by atoms with Crippen LogP contribution in [0.4, 0.5) is 11.4 Å². The molecule has 0 aliphatic heterocycles. The maximum Gasteiger partial charge on any atom is 0.325 e. The van der Waals surface area contributed by atoms with Crippen molar-refractivity contribution in [2.45, 2.75) is 31.6 Å². The normalized spacial score (nSPS) is 19.9. The Morgan fingerprint density at radius 2 is 1.92 bits per heavy atom. The molecule has 1 atom stereocenters. The topological polar surface area (TPSA) is 142 Å². The second kappa shape index (κ2) is 6.91. The van der Waals surface area contributed by atoms with E-state index in [1.54, 1.807) is 0 Å². The summed E-state index contributed by atoms with van der Waals surface area (Å²) in [5.74, 6) is -0.512. The zero-order valence-electron chi connectivity index (χ0n) is 12.7. The molecule has 0 spiro atoms. The van der Waals surface area contributed by atoms with Gasteiger partial charge in [0.15, 0.2) is 0 Å². The summed E-state index contributed by atoms with van der Waals surface area (Å²) in [5, 5.41) is 25.7. The van der Waals surface area contributed by atoms with Gasteiger partial charge in [-0.05, 0) is 25.3 Å². The molecule has 0 bridgehead atoms. The number of benzene rings is 1. The molecule has 1 aliphatic rings. The van der Waals surface area contributed by atoms with Gasteiger partial charge in [0.05, 0.1) is 27.9 Å². The molecule has 11 heteroatoms. The van der Waals surface area contributed by atoms with Gasteiger partial charge in [-0.25, -0.2) is 0 Å². The van der Waals surface area contributed by atoms with Gasteiger partial charge in [0.1, 0.15) is 0 Å². The van der Waals surface area contributed by atoms with Crippen LogP contribution >= 0.6 is 0 Å². The lowest BCUT2D eigenvalue weighted by atomic mass is 9.81. The zero-order chi connectivity index (χ0) is 17.9. The van der Waals surface area contributed by atoms with Gasteiger partial charge >= 0.3 is 10.1 Å². The van der Waals surface area contributed by atoms with Crippen molar-refractivity contribution in [1.82, 2.24) is 0 Å². The van der Waals surface area contributed by atoms with Gasteiger partial charge in [0.2, 0.25) is 0 Å². The van der Waals surface area contributed by atoms with Gasteiger partial charge in [-0.15, -0.1) is 0 Å². The summed E-state index contributed by atoms with van der Waals surface area (Å²) in [5.41, 5.74) is -0.125. The Hall–Kier alpha value is -2.56. The van der Waals surface area contributed by atoms with Crippen LogP contribution in [-0.4, -0.2) is 30.2 Å². The van der Waals surface area contributed by atoms with E-state index in [4.69, 9.17) is 0 Å². The van der Waals surface area contributed by atoms with E-state index >= 15 is 0 Å². The van der Waals surface area contributed by atoms with Crippen molar-refractivity contribution in [1.29, 1.82) is 0 Å². The molecule has 1 aliphatic carbocycles. The molecular weight excluding hydrogens is 342 g/mol. The van der Waals surface area contributed by atoms with Crippen molar-refractivity contribution in [3.8, 4) is 0 Å². The molecule has 2 rings (SSSR count). The van der Waals surface area contributed by atoms with Gasteiger partial charge in [-0.2, -0.15) is 8.42 Å². The van der Waals surface area contributed by atoms with Crippen LogP contribution in [0.2, 0.25) is 0 Å². The number of rotatable bonds is 5. The molecule has 0 unspecified atom stereocenters. The molecule has 10 nitrogen and oxygen atoms in total. The molecule has 0 N–H and O–H groups in total. The Bertz CT molecular complexity index is 804. The lowest BCUT2D eigenvalue weighted by molar-refractivity contribution is -0.394. The highest BCUT2D eigenvalue weighted by molar-refractivity contribution is 7.85. The Balaban J connectivity index is 2.47. The van der Waals surface area contributed by atoms with Crippen LogP contribution in [0, 0.1) is 20.2 Å². The molecule has 0 heterocycles. The molecule has 130 valence electrons. The lowest BCUT2D eigenvalue weighted by Gasteiger charge is -2.23. The van der Waals surface area contributed by atoms with Crippen LogP contribution in [0.3, 0.4) is 0 Å². The number of nitrogens with zero attached hydrogens (tertiary/aromatic N) is 3. The Morgan fingerprint density at radius 3 is 2.50 bits per heavy atom. The standard InChI is InChI=1S/C13H15N3O7S/c1-24(21,22)23-14-12-5-3-2-4-10(12)11-7-6-9(15(17)18)8-13(11)16(19)20/h6-8,10H,2-5H2,1H3/b14-12-/t10-/m1/s1. The molecular formula is C13H15N3O7S. The number of nitro groups is 2. The predicted octanol–water partition coefficient (Wildman–Crippen LogP) is 2.49. The molecule has 1 aromatic carbocycles.